The summed E-state index contributed by atoms with van der Waals surface area (Å²) in [6, 6.07) is 6.02. The van der Waals surface area contributed by atoms with Crippen molar-refractivity contribution in [2.45, 2.75) is 19.0 Å². The first-order valence-electron chi connectivity index (χ1n) is 10.2. The molecular formula is C22H15ClF2N6OS. The maximum atomic E-state index is 15.7. The van der Waals surface area contributed by atoms with Crippen molar-refractivity contribution in [2.75, 3.05) is 18.9 Å². The average Bonchev–Trinajstić information content (AvgIpc) is 3.37. The fourth-order valence-electron chi connectivity index (χ4n) is 4.65. The van der Waals surface area contributed by atoms with Crippen molar-refractivity contribution in [3.05, 3.63) is 46.2 Å². The zero-order chi connectivity index (χ0) is 22.9. The van der Waals surface area contributed by atoms with Crippen LogP contribution in [-0.2, 0) is 6.54 Å². The quantitative estimate of drug-likeness (QED) is 0.408. The fourth-order valence-corrected chi connectivity index (χ4v) is 5.94. The first-order valence-corrected chi connectivity index (χ1v) is 11.4. The summed E-state index contributed by atoms with van der Waals surface area (Å²) in [4.78, 5) is 0. The number of nitriles is 1. The third-order valence-electron chi connectivity index (χ3n) is 6.11. The number of aromatic nitrogens is 3. The van der Waals surface area contributed by atoms with Crippen LogP contribution >= 0.6 is 22.9 Å². The molecule has 2 aliphatic rings. The summed E-state index contributed by atoms with van der Waals surface area (Å²) in [5.41, 5.74) is 6.73. The molecule has 0 radical (unpaired) electrons. The molecule has 1 unspecified atom stereocenters. The van der Waals surface area contributed by atoms with E-state index in [1.807, 2.05) is 10.6 Å². The zero-order valence-corrected chi connectivity index (χ0v) is 18.5. The highest BCUT2D eigenvalue weighted by Gasteiger charge is 2.32. The molecule has 0 spiro atoms. The molecule has 2 aliphatic heterocycles. The number of anilines is 1. The number of nitrogens with one attached hydrogen (secondary N) is 1. The number of hydrogen-bond acceptors (Lipinski definition) is 7. The van der Waals surface area contributed by atoms with Crippen molar-refractivity contribution in [1.29, 1.82) is 5.26 Å². The third-order valence-corrected chi connectivity index (χ3v) is 7.49. The number of nitrogens with two attached hydrogens (primary N) is 1. The summed E-state index contributed by atoms with van der Waals surface area (Å²) < 4.78 is 38.4. The van der Waals surface area contributed by atoms with E-state index in [1.54, 1.807) is 0 Å². The zero-order valence-electron chi connectivity index (χ0n) is 17.0. The Morgan fingerprint density at radius 3 is 2.94 bits per heavy atom. The van der Waals surface area contributed by atoms with Crippen LogP contribution in [0.15, 0.2) is 18.2 Å². The van der Waals surface area contributed by atoms with Crippen LogP contribution in [0.2, 0.25) is 5.02 Å². The van der Waals surface area contributed by atoms with Crippen molar-refractivity contribution in [2.24, 2.45) is 0 Å². The van der Waals surface area contributed by atoms with Crippen molar-refractivity contribution in [1.82, 2.24) is 20.1 Å². The Hall–Kier alpha value is -3.26. The first-order chi connectivity index (χ1) is 16.0. The summed E-state index contributed by atoms with van der Waals surface area (Å²) in [6.07, 6.45) is 0.688. The van der Waals surface area contributed by atoms with Crippen LogP contribution in [0.4, 0.5) is 13.8 Å². The number of fused-ring (bicyclic) bond motifs is 3. The van der Waals surface area contributed by atoms with Crippen LogP contribution in [0.3, 0.4) is 0 Å². The topological polar surface area (TPSA) is 102 Å². The van der Waals surface area contributed by atoms with E-state index in [1.165, 1.54) is 18.2 Å². The minimum Gasteiger partial charge on any atom is -0.491 e. The Morgan fingerprint density at radius 1 is 1.27 bits per heavy atom. The number of halogens is 3. The van der Waals surface area contributed by atoms with Gasteiger partial charge in [-0.2, -0.15) is 5.26 Å². The molecule has 0 fully saturated rings. The largest absolute Gasteiger partial charge is 0.491 e. The van der Waals surface area contributed by atoms with Gasteiger partial charge in [-0.1, -0.05) is 17.7 Å². The van der Waals surface area contributed by atoms with Gasteiger partial charge in [0.25, 0.3) is 0 Å². The molecule has 166 valence electrons. The second-order valence-corrected chi connectivity index (χ2v) is 9.34. The molecular weight excluding hydrogens is 470 g/mol. The van der Waals surface area contributed by atoms with Gasteiger partial charge in [0.2, 0.25) is 0 Å². The number of ether oxygens (including phenoxy) is 1. The Kier molecular flexibility index (Phi) is 4.55. The fraction of sp³-hybridized carbons (Fsp3) is 0.227. The maximum Gasteiger partial charge on any atom is 0.168 e. The van der Waals surface area contributed by atoms with E-state index in [9.17, 15) is 9.65 Å². The van der Waals surface area contributed by atoms with Gasteiger partial charge in [0.05, 0.1) is 40.0 Å². The molecule has 6 rings (SSSR count). The lowest BCUT2D eigenvalue weighted by Crippen LogP contribution is -2.35. The van der Waals surface area contributed by atoms with Gasteiger partial charge in [-0.15, -0.1) is 21.5 Å². The minimum atomic E-state index is -0.646. The monoisotopic (exact) mass is 484 g/mol. The van der Waals surface area contributed by atoms with Crippen LogP contribution in [0.25, 0.3) is 32.6 Å². The number of thiophene rings is 1. The predicted octanol–water partition coefficient (Wildman–Crippen LogP) is 4.64. The molecule has 0 saturated heterocycles. The van der Waals surface area contributed by atoms with Crippen molar-refractivity contribution in [3.63, 3.8) is 0 Å². The van der Waals surface area contributed by atoms with Gasteiger partial charge >= 0.3 is 0 Å². The van der Waals surface area contributed by atoms with Gasteiger partial charge in [-0.05, 0) is 17.7 Å². The second-order valence-electron chi connectivity index (χ2n) is 7.91. The number of nitrogens with zero attached hydrogens (tertiary/aromatic N) is 4. The summed E-state index contributed by atoms with van der Waals surface area (Å²) in [7, 11) is 0. The van der Waals surface area contributed by atoms with Gasteiger partial charge in [0.15, 0.2) is 5.82 Å². The maximum absolute atomic E-state index is 15.7. The summed E-state index contributed by atoms with van der Waals surface area (Å²) in [5.74, 6) is 0.343. The van der Waals surface area contributed by atoms with Gasteiger partial charge in [0, 0.05) is 23.9 Å². The Morgan fingerprint density at radius 2 is 2.12 bits per heavy atom. The summed E-state index contributed by atoms with van der Waals surface area (Å²) >= 11 is 7.70. The van der Waals surface area contributed by atoms with Crippen LogP contribution in [0, 0.1) is 23.0 Å². The van der Waals surface area contributed by atoms with Gasteiger partial charge in [0.1, 0.15) is 34.3 Å². The predicted molar refractivity (Wildman–Crippen MR) is 121 cm³/mol. The molecule has 7 nitrogen and oxygen atoms in total. The van der Waals surface area contributed by atoms with Gasteiger partial charge in [-0.3, -0.25) is 0 Å². The molecule has 2 aromatic heterocycles. The Labute approximate surface area is 195 Å². The van der Waals surface area contributed by atoms with Crippen LogP contribution < -0.4 is 15.8 Å². The van der Waals surface area contributed by atoms with Gasteiger partial charge < -0.3 is 20.4 Å². The molecule has 11 heteroatoms. The van der Waals surface area contributed by atoms with E-state index in [0.717, 1.165) is 23.7 Å². The molecule has 1 atom stereocenters. The highest BCUT2D eigenvalue weighted by molar-refractivity contribution is 7.23. The second kappa shape index (κ2) is 7.38. The number of hydrogen-bond donors (Lipinski definition) is 2. The van der Waals surface area contributed by atoms with Crippen LogP contribution in [0.5, 0.6) is 5.75 Å². The summed E-state index contributed by atoms with van der Waals surface area (Å²) in [6.45, 7) is 1.65. The molecule has 4 aromatic rings. The summed E-state index contributed by atoms with van der Waals surface area (Å²) in [5, 5.41) is 21.9. The molecule has 4 heterocycles. The van der Waals surface area contributed by atoms with Crippen molar-refractivity contribution in [3.8, 4) is 34.3 Å². The van der Waals surface area contributed by atoms with E-state index >= 15 is 4.39 Å². The molecule has 3 N–H and O–H groups in total. The van der Waals surface area contributed by atoms with E-state index in [0.29, 0.717) is 31.0 Å². The Balaban J connectivity index is 1.64. The molecule has 0 amide bonds. The normalized spacial score (nSPS) is 17.0. The molecule has 0 saturated carbocycles. The lowest BCUT2D eigenvalue weighted by molar-refractivity contribution is 0.258. The lowest BCUT2D eigenvalue weighted by Gasteiger charge is -2.29. The smallest absolute Gasteiger partial charge is 0.168 e. The Bertz CT molecular complexity index is 1510. The van der Waals surface area contributed by atoms with Crippen LogP contribution in [-0.4, -0.2) is 27.9 Å². The van der Waals surface area contributed by atoms with E-state index in [-0.39, 0.29) is 48.6 Å². The first kappa shape index (κ1) is 20.4. The van der Waals surface area contributed by atoms with E-state index in [4.69, 9.17) is 22.1 Å². The lowest BCUT2D eigenvalue weighted by atomic mass is 9.96. The molecule has 0 aliphatic carbocycles. The number of benzene rings is 2. The van der Waals surface area contributed by atoms with Crippen molar-refractivity contribution < 1.29 is 13.5 Å². The SMILES string of the molecule is N#Cc1c(N)sc2c(F)ccc(-c3c(F)cc4c(c3Cl)OCCC3CNCc5nnc-4n53)c12. The minimum absolute atomic E-state index is 0.0203. The standard InChI is InChI=1S/C22H15ClF2N6OS/c23-18-17(10-1-2-13(24)20-16(10)12(6-26)21(27)33-20)14(25)5-11-19(18)32-4-3-9-7-28-8-15-29-30-22(11)31(9)15/h1-2,5,9,28H,3-4,7-8,27H2. The van der Waals surface area contributed by atoms with Crippen molar-refractivity contribution >= 4 is 38.0 Å². The molecule has 2 aromatic carbocycles. The highest BCUT2D eigenvalue weighted by atomic mass is 35.5. The van der Waals surface area contributed by atoms with E-state index < -0.39 is 11.6 Å². The number of nitrogen functional groups attached to an aromatic ring is 1. The average molecular weight is 485 g/mol. The van der Waals surface area contributed by atoms with Crippen LogP contribution in [0.1, 0.15) is 23.9 Å². The molecule has 0 bridgehead atoms. The van der Waals surface area contributed by atoms with Gasteiger partial charge in [-0.25, -0.2) is 8.78 Å². The highest BCUT2D eigenvalue weighted by Crippen LogP contribution is 2.49. The van der Waals surface area contributed by atoms with E-state index in [2.05, 4.69) is 15.5 Å². The molecule has 33 heavy (non-hydrogen) atoms. The number of rotatable bonds is 1. The third kappa shape index (κ3) is 2.86.